The Morgan fingerprint density at radius 3 is 2.47 bits per heavy atom. The van der Waals surface area contributed by atoms with Gasteiger partial charge in [0.1, 0.15) is 5.00 Å². The van der Waals surface area contributed by atoms with Crippen LogP contribution in [0.5, 0.6) is 11.5 Å². The molecule has 2 aromatic carbocycles. The maximum absolute atomic E-state index is 13.5. The number of pyridine rings is 1. The third-order valence-corrected chi connectivity index (χ3v) is 6.74. The third kappa shape index (κ3) is 4.20. The third-order valence-electron chi connectivity index (χ3n) is 5.68. The zero-order valence-electron chi connectivity index (χ0n) is 19.4. The molecule has 0 saturated carbocycles. The number of rotatable bonds is 7. The second-order valence-corrected chi connectivity index (χ2v) is 8.88. The summed E-state index contributed by atoms with van der Waals surface area (Å²) < 4.78 is 10.8. The van der Waals surface area contributed by atoms with E-state index in [1.807, 2.05) is 50.2 Å². The topological polar surface area (TPSA) is 104 Å². The van der Waals surface area contributed by atoms with Crippen LogP contribution in [-0.4, -0.2) is 31.0 Å². The van der Waals surface area contributed by atoms with Gasteiger partial charge >= 0.3 is 0 Å². The molecule has 0 spiro atoms. The van der Waals surface area contributed by atoms with Gasteiger partial charge in [0.15, 0.2) is 11.5 Å². The molecule has 174 valence electrons. The number of para-hydroxylation sites is 1. The Labute approximate surface area is 201 Å². The van der Waals surface area contributed by atoms with Crippen molar-refractivity contribution in [3.8, 4) is 22.8 Å². The first-order valence-electron chi connectivity index (χ1n) is 10.7. The minimum atomic E-state index is -0.554. The number of nitrogens with two attached hydrogens (primary N) is 1. The van der Waals surface area contributed by atoms with E-state index in [4.69, 9.17) is 20.2 Å². The van der Waals surface area contributed by atoms with Crippen LogP contribution in [0.1, 0.15) is 38.1 Å². The van der Waals surface area contributed by atoms with Gasteiger partial charge in [-0.3, -0.25) is 9.59 Å². The number of anilines is 1. The van der Waals surface area contributed by atoms with Crippen LogP contribution in [0.4, 0.5) is 5.00 Å². The summed E-state index contributed by atoms with van der Waals surface area (Å²) in [5.41, 5.74) is 9.37. The molecule has 0 atom stereocenters. The number of benzene rings is 2. The van der Waals surface area contributed by atoms with Crippen molar-refractivity contribution in [2.24, 2.45) is 5.73 Å². The molecule has 2 aromatic heterocycles. The molecular formula is C26H25N3O4S. The second kappa shape index (κ2) is 9.52. The van der Waals surface area contributed by atoms with Crippen molar-refractivity contribution in [2.75, 3.05) is 19.5 Å². The van der Waals surface area contributed by atoms with Crippen molar-refractivity contribution in [1.82, 2.24) is 4.98 Å². The van der Waals surface area contributed by atoms with Crippen molar-refractivity contribution in [3.63, 3.8) is 0 Å². The number of carbonyl (C=O) groups excluding carboxylic acids is 2. The number of aryl methyl sites for hydroxylation is 1. The van der Waals surface area contributed by atoms with Crippen LogP contribution < -0.4 is 20.5 Å². The lowest BCUT2D eigenvalue weighted by molar-refractivity contribution is 0.100. The summed E-state index contributed by atoms with van der Waals surface area (Å²) >= 11 is 1.35. The average Bonchev–Trinajstić information content (AvgIpc) is 3.17. The number of fused-ring (bicyclic) bond motifs is 1. The van der Waals surface area contributed by atoms with Gasteiger partial charge in [-0.25, -0.2) is 4.98 Å². The smallest absolute Gasteiger partial charge is 0.257 e. The molecule has 8 heteroatoms. The lowest BCUT2D eigenvalue weighted by Gasteiger charge is -2.12. The summed E-state index contributed by atoms with van der Waals surface area (Å²) in [5, 5.41) is 4.08. The molecule has 4 aromatic rings. The van der Waals surface area contributed by atoms with Gasteiger partial charge in [-0.05, 0) is 49.2 Å². The van der Waals surface area contributed by atoms with Gasteiger partial charge in [0.05, 0.1) is 36.6 Å². The van der Waals surface area contributed by atoms with Gasteiger partial charge in [0.25, 0.3) is 11.8 Å². The van der Waals surface area contributed by atoms with Crippen LogP contribution in [0, 0.1) is 6.92 Å². The monoisotopic (exact) mass is 475 g/mol. The Kier molecular flexibility index (Phi) is 6.51. The van der Waals surface area contributed by atoms with E-state index >= 15 is 0 Å². The maximum Gasteiger partial charge on any atom is 0.257 e. The van der Waals surface area contributed by atoms with E-state index in [1.54, 1.807) is 26.4 Å². The molecule has 0 bridgehead atoms. The average molecular weight is 476 g/mol. The summed E-state index contributed by atoms with van der Waals surface area (Å²) in [4.78, 5) is 31.3. The number of thiophene rings is 1. The lowest BCUT2D eigenvalue weighted by atomic mass is 10.0. The molecule has 0 radical (unpaired) electrons. The maximum atomic E-state index is 13.5. The minimum absolute atomic E-state index is 0.341. The van der Waals surface area contributed by atoms with Gasteiger partial charge < -0.3 is 20.5 Å². The van der Waals surface area contributed by atoms with E-state index in [2.05, 4.69) is 5.32 Å². The second-order valence-electron chi connectivity index (χ2n) is 7.65. The van der Waals surface area contributed by atoms with Crippen molar-refractivity contribution in [2.45, 2.75) is 20.3 Å². The number of hydrogen-bond acceptors (Lipinski definition) is 6. The molecule has 4 rings (SSSR count). The molecule has 2 amide bonds. The van der Waals surface area contributed by atoms with Gasteiger partial charge in [-0.15, -0.1) is 11.3 Å². The van der Waals surface area contributed by atoms with Crippen LogP contribution in [0.2, 0.25) is 0 Å². The van der Waals surface area contributed by atoms with Gasteiger partial charge in [0.2, 0.25) is 0 Å². The fourth-order valence-corrected chi connectivity index (χ4v) is 5.18. The van der Waals surface area contributed by atoms with Crippen molar-refractivity contribution >= 4 is 39.1 Å². The molecule has 0 unspecified atom stereocenters. The first-order chi connectivity index (χ1) is 16.4. The largest absolute Gasteiger partial charge is 0.493 e. The van der Waals surface area contributed by atoms with Gasteiger partial charge in [-0.2, -0.15) is 0 Å². The van der Waals surface area contributed by atoms with E-state index < -0.39 is 5.91 Å². The summed E-state index contributed by atoms with van der Waals surface area (Å²) in [7, 11) is 3.14. The van der Waals surface area contributed by atoms with Crippen LogP contribution in [0.15, 0.2) is 48.5 Å². The van der Waals surface area contributed by atoms with Crippen molar-refractivity contribution in [3.05, 3.63) is 70.1 Å². The molecule has 0 saturated heterocycles. The number of hydrogen-bond donors (Lipinski definition) is 2. The Bertz CT molecular complexity index is 1410. The Morgan fingerprint density at radius 2 is 1.79 bits per heavy atom. The van der Waals surface area contributed by atoms with E-state index in [0.717, 1.165) is 16.0 Å². The van der Waals surface area contributed by atoms with Crippen LogP contribution in [0.25, 0.3) is 22.2 Å². The SMILES string of the molecule is CCc1c(C)sc(NC(=O)c2cc(-c3ccc(OC)c(OC)c3)nc3ccccc23)c1C(N)=O. The lowest BCUT2D eigenvalue weighted by Crippen LogP contribution is -2.18. The van der Waals surface area contributed by atoms with E-state index in [0.29, 0.717) is 50.6 Å². The van der Waals surface area contributed by atoms with E-state index in [1.165, 1.54) is 11.3 Å². The fourth-order valence-electron chi connectivity index (χ4n) is 4.03. The molecule has 34 heavy (non-hydrogen) atoms. The number of ether oxygens (including phenoxy) is 2. The minimum Gasteiger partial charge on any atom is -0.493 e. The van der Waals surface area contributed by atoms with Gasteiger partial charge in [0, 0.05) is 15.8 Å². The summed E-state index contributed by atoms with van der Waals surface area (Å²) in [6.07, 6.45) is 0.651. The predicted molar refractivity (Wildman–Crippen MR) is 135 cm³/mol. The first kappa shape index (κ1) is 23.3. The number of aromatic nitrogens is 1. The highest BCUT2D eigenvalue weighted by Gasteiger charge is 2.22. The van der Waals surface area contributed by atoms with Crippen LogP contribution in [0.3, 0.4) is 0 Å². The van der Waals surface area contributed by atoms with Crippen molar-refractivity contribution < 1.29 is 19.1 Å². The zero-order chi connectivity index (χ0) is 24.4. The Morgan fingerprint density at radius 1 is 1.06 bits per heavy atom. The van der Waals surface area contributed by atoms with E-state index in [-0.39, 0.29) is 5.91 Å². The summed E-state index contributed by atoms with van der Waals surface area (Å²) in [6, 6.07) is 14.7. The number of primary amides is 1. The summed E-state index contributed by atoms with van der Waals surface area (Å²) in [6.45, 7) is 3.88. The standard InChI is InChI=1S/C26H25N3O4S/c1-5-16-14(2)34-26(23(16)24(27)30)29-25(31)18-13-20(28-19-9-7-6-8-17(18)19)15-10-11-21(32-3)22(12-15)33-4/h6-13H,5H2,1-4H3,(H2,27,30)(H,29,31). The normalized spacial score (nSPS) is 10.8. The Hall–Kier alpha value is -3.91. The molecule has 0 aliphatic heterocycles. The van der Waals surface area contributed by atoms with Crippen LogP contribution >= 0.6 is 11.3 Å². The number of amides is 2. The quantitative estimate of drug-likeness (QED) is 0.382. The predicted octanol–water partition coefficient (Wildman–Crippen LogP) is 5.20. The number of nitrogens with one attached hydrogen (secondary N) is 1. The number of carbonyl (C=O) groups is 2. The number of methoxy groups -OCH3 is 2. The van der Waals surface area contributed by atoms with Crippen molar-refractivity contribution in [1.29, 1.82) is 0 Å². The van der Waals surface area contributed by atoms with E-state index in [9.17, 15) is 9.59 Å². The first-order valence-corrected chi connectivity index (χ1v) is 11.5. The van der Waals surface area contributed by atoms with Gasteiger partial charge in [-0.1, -0.05) is 25.1 Å². The fraction of sp³-hybridized carbons (Fsp3) is 0.192. The highest BCUT2D eigenvalue weighted by atomic mass is 32.1. The molecule has 0 aliphatic carbocycles. The molecule has 3 N–H and O–H groups in total. The Balaban J connectivity index is 1.82. The molecule has 0 fully saturated rings. The highest BCUT2D eigenvalue weighted by Crippen LogP contribution is 2.35. The zero-order valence-corrected chi connectivity index (χ0v) is 20.2. The highest BCUT2D eigenvalue weighted by molar-refractivity contribution is 7.16. The summed E-state index contributed by atoms with van der Waals surface area (Å²) in [5.74, 6) is 0.269. The molecule has 0 aliphatic rings. The molecular weight excluding hydrogens is 450 g/mol. The molecule has 7 nitrogen and oxygen atoms in total. The van der Waals surface area contributed by atoms with Crippen LogP contribution in [-0.2, 0) is 6.42 Å². The number of nitrogens with zero attached hydrogens (tertiary/aromatic N) is 1. The molecule has 2 heterocycles.